The summed E-state index contributed by atoms with van der Waals surface area (Å²) >= 11 is 1.61. The number of aryl methyl sites for hydroxylation is 1. The number of anilines is 1. The first-order valence-corrected chi connectivity index (χ1v) is 8.66. The van der Waals surface area contributed by atoms with Gasteiger partial charge in [-0.25, -0.2) is 4.98 Å². The Kier molecular flexibility index (Phi) is 5.26. The predicted molar refractivity (Wildman–Crippen MR) is 104 cm³/mol. The van der Waals surface area contributed by atoms with E-state index in [-0.39, 0.29) is 5.91 Å². The van der Waals surface area contributed by atoms with Gasteiger partial charge < -0.3 is 10.1 Å². The number of carbonyl (C=O) groups excluding carboxylic acids is 1. The summed E-state index contributed by atoms with van der Waals surface area (Å²) in [7, 11) is 0. The van der Waals surface area contributed by atoms with E-state index in [2.05, 4.69) is 16.9 Å². The summed E-state index contributed by atoms with van der Waals surface area (Å²) < 4.78 is 6.49. The van der Waals surface area contributed by atoms with Gasteiger partial charge in [-0.2, -0.15) is 0 Å². The Morgan fingerprint density at radius 3 is 2.84 bits per heavy atom. The molecule has 0 bridgehead atoms. The second-order valence-corrected chi connectivity index (χ2v) is 6.64. The number of fused-ring (bicyclic) bond motifs is 1. The number of aromatic nitrogens is 1. The Morgan fingerprint density at radius 1 is 1.28 bits per heavy atom. The van der Waals surface area contributed by atoms with Gasteiger partial charge in [-0.3, -0.25) is 4.79 Å². The number of nitrogens with one attached hydrogen (secondary N) is 1. The molecule has 0 spiro atoms. The summed E-state index contributed by atoms with van der Waals surface area (Å²) in [6.45, 7) is 6.06. The van der Waals surface area contributed by atoms with Crippen LogP contribution in [0.3, 0.4) is 0 Å². The first-order valence-electron chi connectivity index (χ1n) is 7.84. The highest BCUT2D eigenvalue weighted by molar-refractivity contribution is 7.18. The summed E-state index contributed by atoms with van der Waals surface area (Å²) in [6.07, 6.45) is 4.98. The zero-order valence-corrected chi connectivity index (χ0v) is 14.7. The molecule has 1 heterocycles. The number of ether oxygens (including phenoxy) is 1. The van der Waals surface area contributed by atoms with Crippen LogP contribution in [0.2, 0.25) is 0 Å². The fourth-order valence-electron chi connectivity index (χ4n) is 2.30. The van der Waals surface area contributed by atoms with Crippen molar-refractivity contribution in [1.29, 1.82) is 0 Å². The minimum Gasteiger partial charge on any atom is -0.490 e. The molecule has 0 unspecified atom stereocenters. The normalized spacial score (nSPS) is 10.9. The maximum absolute atomic E-state index is 12.1. The molecule has 0 saturated heterocycles. The van der Waals surface area contributed by atoms with Gasteiger partial charge in [-0.15, -0.1) is 11.3 Å². The van der Waals surface area contributed by atoms with E-state index in [1.807, 2.05) is 49.4 Å². The molecule has 0 aliphatic carbocycles. The predicted octanol–water partition coefficient (Wildman–Crippen LogP) is 4.82. The molecule has 0 radical (unpaired) electrons. The molecule has 0 aliphatic rings. The molecule has 3 aromatic rings. The van der Waals surface area contributed by atoms with Gasteiger partial charge in [0, 0.05) is 11.8 Å². The number of benzene rings is 2. The monoisotopic (exact) mass is 350 g/mol. The van der Waals surface area contributed by atoms with E-state index >= 15 is 0 Å². The van der Waals surface area contributed by atoms with Gasteiger partial charge in [-0.1, -0.05) is 24.8 Å². The van der Waals surface area contributed by atoms with Crippen molar-refractivity contribution in [2.24, 2.45) is 0 Å². The maximum Gasteiger partial charge on any atom is 0.248 e. The van der Waals surface area contributed by atoms with Crippen molar-refractivity contribution < 1.29 is 9.53 Å². The highest BCUT2D eigenvalue weighted by Gasteiger charge is 2.03. The van der Waals surface area contributed by atoms with Gasteiger partial charge >= 0.3 is 0 Å². The molecule has 0 aliphatic heterocycles. The van der Waals surface area contributed by atoms with Gasteiger partial charge in [0.15, 0.2) is 0 Å². The van der Waals surface area contributed by atoms with Crippen LogP contribution in [0.25, 0.3) is 16.3 Å². The van der Waals surface area contributed by atoms with E-state index in [0.717, 1.165) is 32.2 Å². The topological polar surface area (TPSA) is 51.2 Å². The van der Waals surface area contributed by atoms with Crippen LogP contribution in [0.5, 0.6) is 5.75 Å². The van der Waals surface area contributed by atoms with Gasteiger partial charge in [0.1, 0.15) is 12.4 Å². The Balaban J connectivity index is 1.62. The molecular weight excluding hydrogens is 332 g/mol. The van der Waals surface area contributed by atoms with Crippen molar-refractivity contribution >= 4 is 39.2 Å². The first-order chi connectivity index (χ1) is 12.1. The number of hydrogen-bond donors (Lipinski definition) is 1. The van der Waals surface area contributed by atoms with E-state index in [1.54, 1.807) is 23.5 Å². The second kappa shape index (κ2) is 7.77. The van der Waals surface area contributed by atoms with Gasteiger partial charge in [0.05, 0.1) is 15.2 Å². The van der Waals surface area contributed by atoms with E-state index in [9.17, 15) is 4.79 Å². The number of thiazole rings is 1. The zero-order chi connectivity index (χ0) is 17.6. The minimum atomic E-state index is -0.174. The fraction of sp³-hybridized carbons (Fsp3) is 0.100. The minimum absolute atomic E-state index is 0.174. The lowest BCUT2D eigenvalue weighted by molar-refractivity contribution is -0.111. The molecule has 2 aromatic carbocycles. The molecule has 1 aromatic heterocycles. The summed E-state index contributed by atoms with van der Waals surface area (Å²) in [4.78, 5) is 16.5. The van der Waals surface area contributed by atoms with Gasteiger partial charge in [0.2, 0.25) is 5.91 Å². The molecule has 25 heavy (non-hydrogen) atoms. The molecule has 126 valence electrons. The van der Waals surface area contributed by atoms with Crippen LogP contribution in [-0.2, 0) is 4.79 Å². The number of carbonyl (C=O) groups is 1. The van der Waals surface area contributed by atoms with Crippen molar-refractivity contribution in [3.63, 3.8) is 0 Å². The van der Waals surface area contributed by atoms with Crippen LogP contribution < -0.4 is 10.1 Å². The molecular formula is C20H18N2O2S. The summed E-state index contributed by atoms with van der Waals surface area (Å²) in [5, 5.41) is 3.88. The number of amides is 1. The lowest BCUT2D eigenvalue weighted by Crippen LogP contribution is -2.07. The highest BCUT2D eigenvalue weighted by atomic mass is 32.1. The van der Waals surface area contributed by atoms with Crippen molar-refractivity contribution in [2.45, 2.75) is 6.92 Å². The van der Waals surface area contributed by atoms with Crippen molar-refractivity contribution in [1.82, 2.24) is 4.98 Å². The van der Waals surface area contributed by atoms with Crippen LogP contribution in [-0.4, -0.2) is 17.5 Å². The number of hydrogen-bond acceptors (Lipinski definition) is 4. The zero-order valence-electron chi connectivity index (χ0n) is 13.9. The third kappa shape index (κ3) is 4.55. The van der Waals surface area contributed by atoms with Crippen LogP contribution in [0.4, 0.5) is 5.69 Å². The Morgan fingerprint density at radius 2 is 2.08 bits per heavy atom. The summed E-state index contributed by atoms with van der Waals surface area (Å²) in [5.41, 5.74) is 2.64. The SMILES string of the molecule is C=CCOc1ccc(/C=C/C(=O)Nc2ccc3nc(C)sc3c2)cc1. The summed E-state index contributed by atoms with van der Waals surface area (Å²) in [6, 6.07) is 13.2. The Bertz CT molecular complexity index is 927. The standard InChI is InChI=1S/C20H18N2O2S/c1-3-12-24-17-8-4-15(5-9-17)6-11-20(23)22-16-7-10-18-19(13-16)25-14(2)21-18/h3-11,13H,1,12H2,2H3,(H,22,23)/b11-6+. The van der Waals surface area contributed by atoms with Gasteiger partial charge in [-0.05, 0) is 48.9 Å². The molecule has 0 atom stereocenters. The quantitative estimate of drug-likeness (QED) is 0.512. The van der Waals surface area contributed by atoms with E-state index in [1.165, 1.54) is 6.08 Å². The molecule has 3 rings (SSSR count). The number of nitrogens with zero attached hydrogens (tertiary/aromatic N) is 1. The van der Waals surface area contributed by atoms with Crippen LogP contribution in [0.15, 0.2) is 61.2 Å². The number of rotatable bonds is 6. The highest BCUT2D eigenvalue weighted by Crippen LogP contribution is 2.24. The van der Waals surface area contributed by atoms with E-state index in [4.69, 9.17) is 4.74 Å². The molecule has 1 amide bonds. The average Bonchev–Trinajstić information content (AvgIpc) is 2.98. The molecule has 5 heteroatoms. The maximum atomic E-state index is 12.1. The van der Waals surface area contributed by atoms with Crippen molar-refractivity contribution in [3.8, 4) is 5.75 Å². The lowest BCUT2D eigenvalue weighted by atomic mass is 10.2. The van der Waals surface area contributed by atoms with Crippen LogP contribution >= 0.6 is 11.3 Å². The van der Waals surface area contributed by atoms with Crippen LogP contribution in [0.1, 0.15) is 10.6 Å². The summed E-state index contributed by atoms with van der Waals surface area (Å²) in [5.74, 6) is 0.599. The molecule has 0 fully saturated rings. The van der Waals surface area contributed by atoms with Crippen LogP contribution in [0, 0.1) is 6.92 Å². The Labute approximate surface area is 150 Å². The molecule has 1 N–H and O–H groups in total. The largest absolute Gasteiger partial charge is 0.490 e. The third-order valence-corrected chi connectivity index (χ3v) is 4.37. The average molecular weight is 350 g/mol. The second-order valence-electron chi connectivity index (χ2n) is 5.41. The van der Waals surface area contributed by atoms with Crippen molar-refractivity contribution in [2.75, 3.05) is 11.9 Å². The third-order valence-electron chi connectivity index (χ3n) is 3.44. The molecule has 4 nitrogen and oxygen atoms in total. The molecule has 0 saturated carbocycles. The lowest BCUT2D eigenvalue weighted by Gasteiger charge is -2.03. The fourth-order valence-corrected chi connectivity index (χ4v) is 3.17. The van der Waals surface area contributed by atoms with Crippen molar-refractivity contribution in [3.05, 3.63) is 71.8 Å². The van der Waals surface area contributed by atoms with Gasteiger partial charge in [0.25, 0.3) is 0 Å². The smallest absolute Gasteiger partial charge is 0.248 e. The Hall–Kier alpha value is -2.92. The van der Waals surface area contributed by atoms with E-state index < -0.39 is 0 Å². The van der Waals surface area contributed by atoms with E-state index in [0.29, 0.717) is 6.61 Å². The first kappa shape index (κ1) is 16.9.